The van der Waals surface area contributed by atoms with Crippen molar-refractivity contribution in [3.63, 3.8) is 0 Å². The first-order valence-electron chi connectivity index (χ1n) is 6.76. The first-order chi connectivity index (χ1) is 10.2. The van der Waals surface area contributed by atoms with Crippen LogP contribution in [0.5, 0.6) is 0 Å². The van der Waals surface area contributed by atoms with Crippen molar-refractivity contribution in [2.75, 3.05) is 0 Å². The summed E-state index contributed by atoms with van der Waals surface area (Å²) in [7, 11) is 0. The number of aldehydes is 1. The van der Waals surface area contributed by atoms with Gasteiger partial charge in [-0.15, -0.1) is 0 Å². The Hall–Kier alpha value is -2.00. The van der Waals surface area contributed by atoms with Crippen LogP contribution in [0.2, 0.25) is 0 Å². The minimum atomic E-state index is 0.671. The molecule has 2 nitrogen and oxygen atoms in total. The standard InChI is InChI=1S/C18H14BrNO/c1-12-17(19)9-15(11-21)16-8-14(10-20-18(12)16)7-13-5-3-2-4-6-13/h2-6,8-11H,7H2,1H3. The molecule has 1 aromatic heterocycles. The van der Waals surface area contributed by atoms with Gasteiger partial charge in [0.15, 0.2) is 6.29 Å². The average molecular weight is 340 g/mol. The highest BCUT2D eigenvalue weighted by Crippen LogP contribution is 2.28. The number of benzene rings is 2. The number of carbonyl (C=O) groups is 1. The van der Waals surface area contributed by atoms with Gasteiger partial charge in [0.1, 0.15) is 0 Å². The first-order valence-corrected chi connectivity index (χ1v) is 7.55. The van der Waals surface area contributed by atoms with Crippen molar-refractivity contribution in [2.24, 2.45) is 0 Å². The highest BCUT2D eigenvalue weighted by molar-refractivity contribution is 9.10. The van der Waals surface area contributed by atoms with E-state index in [1.54, 1.807) is 0 Å². The minimum Gasteiger partial charge on any atom is -0.298 e. The third kappa shape index (κ3) is 2.74. The number of aromatic nitrogens is 1. The Morgan fingerprint density at radius 2 is 1.90 bits per heavy atom. The van der Waals surface area contributed by atoms with Crippen molar-refractivity contribution in [2.45, 2.75) is 13.3 Å². The van der Waals surface area contributed by atoms with E-state index in [9.17, 15) is 4.79 Å². The third-order valence-corrected chi connectivity index (χ3v) is 4.45. The third-order valence-electron chi connectivity index (χ3n) is 3.63. The Morgan fingerprint density at radius 3 is 2.62 bits per heavy atom. The predicted molar refractivity (Wildman–Crippen MR) is 88.8 cm³/mol. The molecule has 2 aromatic carbocycles. The van der Waals surface area contributed by atoms with Gasteiger partial charge in [-0.1, -0.05) is 46.3 Å². The summed E-state index contributed by atoms with van der Waals surface area (Å²) >= 11 is 3.48. The lowest BCUT2D eigenvalue weighted by molar-refractivity contribution is 0.112. The van der Waals surface area contributed by atoms with Crippen molar-refractivity contribution >= 4 is 33.1 Å². The minimum absolute atomic E-state index is 0.671. The lowest BCUT2D eigenvalue weighted by Crippen LogP contribution is -1.95. The van der Waals surface area contributed by atoms with E-state index >= 15 is 0 Å². The van der Waals surface area contributed by atoms with Gasteiger partial charge in [-0.2, -0.15) is 0 Å². The van der Waals surface area contributed by atoms with Gasteiger partial charge in [0.25, 0.3) is 0 Å². The zero-order valence-corrected chi connectivity index (χ0v) is 13.2. The Bertz CT molecular complexity index is 812. The maximum Gasteiger partial charge on any atom is 0.150 e. The molecule has 0 saturated carbocycles. The molecular formula is C18H14BrNO. The van der Waals surface area contributed by atoms with Crippen molar-refractivity contribution in [1.29, 1.82) is 0 Å². The summed E-state index contributed by atoms with van der Waals surface area (Å²) in [5.74, 6) is 0. The van der Waals surface area contributed by atoms with Crippen LogP contribution in [0.1, 0.15) is 27.0 Å². The van der Waals surface area contributed by atoms with E-state index in [1.807, 2.05) is 37.4 Å². The molecule has 1 heterocycles. The number of nitrogens with zero attached hydrogens (tertiary/aromatic N) is 1. The van der Waals surface area contributed by atoms with E-state index in [1.165, 1.54) is 5.56 Å². The molecule has 0 aliphatic carbocycles. The molecule has 3 aromatic rings. The summed E-state index contributed by atoms with van der Waals surface area (Å²) in [6.07, 6.45) is 3.60. The number of pyridine rings is 1. The van der Waals surface area contributed by atoms with Gasteiger partial charge < -0.3 is 0 Å². The van der Waals surface area contributed by atoms with Gasteiger partial charge in [0, 0.05) is 21.6 Å². The number of hydrogen-bond donors (Lipinski definition) is 0. The monoisotopic (exact) mass is 339 g/mol. The quantitative estimate of drug-likeness (QED) is 0.647. The van der Waals surface area contributed by atoms with E-state index in [2.05, 4.69) is 39.1 Å². The molecule has 0 N–H and O–H groups in total. The molecule has 0 amide bonds. The van der Waals surface area contributed by atoms with Crippen molar-refractivity contribution in [1.82, 2.24) is 4.98 Å². The second kappa shape index (κ2) is 5.78. The number of halogens is 1. The summed E-state index contributed by atoms with van der Waals surface area (Å²) in [4.78, 5) is 15.9. The van der Waals surface area contributed by atoms with Crippen molar-refractivity contribution in [3.05, 3.63) is 75.4 Å². The first kappa shape index (κ1) is 14.0. The van der Waals surface area contributed by atoms with E-state index < -0.39 is 0 Å². The van der Waals surface area contributed by atoms with Gasteiger partial charge in [0.2, 0.25) is 0 Å². The molecule has 0 spiro atoms. The maximum absolute atomic E-state index is 11.3. The van der Waals surface area contributed by atoms with E-state index in [0.717, 1.165) is 39.2 Å². The van der Waals surface area contributed by atoms with E-state index in [0.29, 0.717) is 5.56 Å². The van der Waals surface area contributed by atoms with Crippen LogP contribution in [0, 0.1) is 6.92 Å². The summed E-state index contributed by atoms with van der Waals surface area (Å²) in [6, 6.07) is 14.2. The molecule has 0 saturated heterocycles. The highest BCUT2D eigenvalue weighted by atomic mass is 79.9. The molecule has 0 fully saturated rings. The highest BCUT2D eigenvalue weighted by Gasteiger charge is 2.09. The van der Waals surface area contributed by atoms with Gasteiger partial charge in [-0.05, 0) is 42.2 Å². The molecule has 0 radical (unpaired) electrons. The number of aryl methyl sites for hydroxylation is 1. The number of hydrogen-bond acceptors (Lipinski definition) is 2. The maximum atomic E-state index is 11.3. The summed E-state index contributed by atoms with van der Waals surface area (Å²) in [5.41, 5.74) is 4.95. The summed E-state index contributed by atoms with van der Waals surface area (Å²) < 4.78 is 0.917. The topological polar surface area (TPSA) is 30.0 Å². The molecule has 0 aliphatic heterocycles. The Labute approximate surface area is 132 Å². The van der Waals surface area contributed by atoms with Gasteiger partial charge in [-0.3, -0.25) is 9.78 Å². The molecule has 104 valence electrons. The zero-order chi connectivity index (χ0) is 14.8. The number of carbonyl (C=O) groups excluding carboxylic acids is 1. The molecule has 0 atom stereocenters. The van der Waals surface area contributed by atoms with E-state index in [-0.39, 0.29) is 0 Å². The Kier molecular flexibility index (Phi) is 3.84. The zero-order valence-electron chi connectivity index (χ0n) is 11.6. The Morgan fingerprint density at radius 1 is 1.14 bits per heavy atom. The fraction of sp³-hybridized carbons (Fsp3) is 0.111. The van der Waals surface area contributed by atoms with Crippen molar-refractivity contribution in [3.8, 4) is 0 Å². The van der Waals surface area contributed by atoms with Crippen LogP contribution in [0.4, 0.5) is 0 Å². The van der Waals surface area contributed by atoms with E-state index in [4.69, 9.17) is 0 Å². The largest absolute Gasteiger partial charge is 0.298 e. The second-order valence-corrected chi connectivity index (χ2v) is 5.95. The summed E-state index contributed by atoms with van der Waals surface area (Å²) in [5, 5.41) is 0.916. The fourth-order valence-electron chi connectivity index (χ4n) is 2.49. The molecule has 3 heteroatoms. The lowest BCUT2D eigenvalue weighted by atomic mass is 10.0. The number of rotatable bonds is 3. The molecule has 0 unspecified atom stereocenters. The number of fused-ring (bicyclic) bond motifs is 1. The normalized spacial score (nSPS) is 10.8. The van der Waals surface area contributed by atoms with Gasteiger partial charge in [-0.25, -0.2) is 0 Å². The fourth-order valence-corrected chi connectivity index (χ4v) is 2.92. The van der Waals surface area contributed by atoms with Crippen molar-refractivity contribution < 1.29 is 4.79 Å². The lowest BCUT2D eigenvalue weighted by Gasteiger charge is -2.09. The van der Waals surface area contributed by atoms with Crippen LogP contribution in [0.3, 0.4) is 0 Å². The molecule has 0 aliphatic rings. The van der Waals surface area contributed by atoms with Crippen LogP contribution in [-0.4, -0.2) is 11.3 Å². The Balaban J connectivity index is 2.11. The SMILES string of the molecule is Cc1c(Br)cc(C=O)c2cc(Cc3ccccc3)cnc12. The second-order valence-electron chi connectivity index (χ2n) is 5.09. The van der Waals surface area contributed by atoms with Gasteiger partial charge >= 0.3 is 0 Å². The van der Waals surface area contributed by atoms with Crippen LogP contribution in [-0.2, 0) is 6.42 Å². The smallest absolute Gasteiger partial charge is 0.150 e. The van der Waals surface area contributed by atoms with Gasteiger partial charge in [0.05, 0.1) is 5.52 Å². The molecule has 0 bridgehead atoms. The molecule has 3 rings (SSSR count). The van der Waals surface area contributed by atoms with Crippen LogP contribution in [0.25, 0.3) is 10.9 Å². The average Bonchev–Trinajstić information content (AvgIpc) is 2.52. The predicted octanol–water partition coefficient (Wildman–Crippen LogP) is 4.71. The van der Waals surface area contributed by atoms with Crippen LogP contribution in [0.15, 0.2) is 53.1 Å². The van der Waals surface area contributed by atoms with Crippen LogP contribution >= 0.6 is 15.9 Å². The molecular weight excluding hydrogens is 326 g/mol. The summed E-state index contributed by atoms with van der Waals surface area (Å²) in [6.45, 7) is 2.00. The van der Waals surface area contributed by atoms with Crippen LogP contribution < -0.4 is 0 Å². The molecule has 21 heavy (non-hydrogen) atoms.